The van der Waals surface area contributed by atoms with Crippen LogP contribution in [0.1, 0.15) is 38.1 Å². The molecule has 0 unspecified atom stereocenters. The van der Waals surface area contributed by atoms with Gasteiger partial charge in [0.25, 0.3) is 5.91 Å². The number of anilines is 1. The zero-order valence-electron chi connectivity index (χ0n) is 21.9. The molecule has 206 valence electrons. The molecule has 0 aliphatic carbocycles. The van der Waals surface area contributed by atoms with Gasteiger partial charge in [-0.25, -0.2) is 8.42 Å². The average molecular weight is 566 g/mol. The molecule has 0 radical (unpaired) electrons. The van der Waals surface area contributed by atoms with Gasteiger partial charge in [-0.1, -0.05) is 0 Å². The second-order valence-electron chi connectivity index (χ2n) is 8.49. The van der Waals surface area contributed by atoms with Gasteiger partial charge in [-0.3, -0.25) is 14.0 Å². The predicted molar refractivity (Wildman–Crippen MR) is 143 cm³/mol. The van der Waals surface area contributed by atoms with Crippen LogP contribution in [0.2, 0.25) is 0 Å². The number of amides is 1. The molecule has 1 heterocycles. The van der Waals surface area contributed by atoms with Crippen LogP contribution in [-0.4, -0.2) is 49.7 Å². The van der Waals surface area contributed by atoms with Gasteiger partial charge in [0.15, 0.2) is 15.7 Å². The quantitative estimate of drug-likeness (QED) is 0.272. The molecule has 38 heavy (non-hydrogen) atoms. The second-order valence-corrected chi connectivity index (χ2v) is 12.5. The Morgan fingerprint density at radius 1 is 1.00 bits per heavy atom. The van der Waals surface area contributed by atoms with Crippen molar-refractivity contribution in [3.8, 4) is 17.2 Å². The van der Waals surface area contributed by atoms with E-state index in [0.29, 0.717) is 17.2 Å². The molecule has 2 aromatic carbocycles. The van der Waals surface area contributed by atoms with E-state index in [1.165, 1.54) is 35.0 Å². The first-order valence-corrected chi connectivity index (χ1v) is 15.6. The number of benzene rings is 2. The van der Waals surface area contributed by atoms with Crippen LogP contribution in [0.25, 0.3) is 0 Å². The number of rotatable bonds is 13. The topological polar surface area (TPSA) is 135 Å². The van der Waals surface area contributed by atoms with Crippen molar-refractivity contribution >= 4 is 29.2 Å². The standard InChI is InChI=1S/C25H32N3O8PS/c1-6-33-37(30,34-7-2)17-28-13-12-24(27-28)26-25(29)19-14-21(35-18(3)4)16-22(15-19)36-20-8-10-23(11-9-20)38(5,31)32/h8-16,18H,6-7,17H2,1-5H3,(H,26,27,29). The van der Waals surface area contributed by atoms with Crippen LogP contribution in [0.15, 0.2) is 59.6 Å². The van der Waals surface area contributed by atoms with Gasteiger partial charge < -0.3 is 23.8 Å². The number of hydrogen-bond acceptors (Lipinski definition) is 9. The number of carbonyl (C=O) groups is 1. The fourth-order valence-electron chi connectivity index (χ4n) is 3.38. The molecule has 0 saturated carbocycles. The van der Waals surface area contributed by atoms with Gasteiger partial charge in [0, 0.05) is 30.1 Å². The van der Waals surface area contributed by atoms with Crippen LogP contribution in [-0.2, 0) is 29.7 Å². The van der Waals surface area contributed by atoms with E-state index in [2.05, 4.69) is 10.4 Å². The SMILES string of the molecule is CCOP(=O)(Cn1ccc(NC(=O)c2cc(Oc3ccc(S(C)(=O)=O)cc3)cc(OC(C)C)c2)n1)OCC. The molecule has 3 aromatic rings. The van der Waals surface area contributed by atoms with Gasteiger partial charge in [-0.15, -0.1) is 0 Å². The van der Waals surface area contributed by atoms with Crippen LogP contribution in [0.5, 0.6) is 17.2 Å². The van der Waals surface area contributed by atoms with E-state index in [9.17, 15) is 17.8 Å². The van der Waals surface area contributed by atoms with E-state index >= 15 is 0 Å². The van der Waals surface area contributed by atoms with E-state index in [-0.39, 0.29) is 41.9 Å². The normalized spacial score (nSPS) is 11.9. The molecule has 0 saturated heterocycles. The summed E-state index contributed by atoms with van der Waals surface area (Å²) in [6.07, 6.45) is 2.43. The Hall–Kier alpha value is -3.18. The van der Waals surface area contributed by atoms with Crippen molar-refractivity contribution in [3.05, 3.63) is 60.3 Å². The zero-order valence-corrected chi connectivity index (χ0v) is 23.6. The molecular weight excluding hydrogens is 533 g/mol. The van der Waals surface area contributed by atoms with Gasteiger partial charge >= 0.3 is 7.60 Å². The third-order valence-electron chi connectivity index (χ3n) is 4.85. The number of hydrogen-bond donors (Lipinski definition) is 1. The Balaban J connectivity index is 1.80. The Kier molecular flexibility index (Phi) is 9.72. The molecule has 0 aliphatic rings. The van der Waals surface area contributed by atoms with Crippen molar-refractivity contribution in [3.63, 3.8) is 0 Å². The molecular formula is C25H32N3O8PS. The summed E-state index contributed by atoms with van der Waals surface area (Å²) in [5.41, 5.74) is 0.245. The highest BCUT2D eigenvalue weighted by Gasteiger charge is 2.25. The number of aromatic nitrogens is 2. The lowest BCUT2D eigenvalue weighted by Gasteiger charge is -2.16. The molecule has 11 nitrogen and oxygen atoms in total. The fourth-order valence-corrected chi connectivity index (χ4v) is 5.55. The third kappa shape index (κ3) is 8.42. The first-order chi connectivity index (χ1) is 17.9. The third-order valence-corrected chi connectivity index (χ3v) is 7.92. The largest absolute Gasteiger partial charge is 0.491 e. The van der Waals surface area contributed by atoms with Crippen molar-refractivity contribution in [1.82, 2.24) is 9.78 Å². The van der Waals surface area contributed by atoms with Gasteiger partial charge in [0.1, 0.15) is 23.5 Å². The molecule has 13 heteroatoms. The number of nitrogens with one attached hydrogen (secondary N) is 1. The lowest BCUT2D eigenvalue weighted by atomic mass is 10.2. The lowest BCUT2D eigenvalue weighted by molar-refractivity contribution is 0.102. The van der Waals surface area contributed by atoms with Crippen molar-refractivity contribution in [2.45, 2.75) is 45.0 Å². The van der Waals surface area contributed by atoms with Crippen molar-refractivity contribution in [1.29, 1.82) is 0 Å². The summed E-state index contributed by atoms with van der Waals surface area (Å²) in [7, 11) is -6.71. The fraction of sp³-hybridized carbons (Fsp3) is 0.360. The van der Waals surface area contributed by atoms with Crippen LogP contribution in [0, 0.1) is 0 Å². The van der Waals surface area contributed by atoms with Gasteiger partial charge in [-0.05, 0) is 64.1 Å². The first-order valence-electron chi connectivity index (χ1n) is 11.9. The monoisotopic (exact) mass is 565 g/mol. The minimum atomic E-state index is -3.37. The van der Waals surface area contributed by atoms with E-state index in [0.717, 1.165) is 6.26 Å². The maximum absolute atomic E-state index is 13.1. The van der Waals surface area contributed by atoms with Crippen molar-refractivity contribution in [2.75, 3.05) is 24.8 Å². The molecule has 0 spiro atoms. The minimum Gasteiger partial charge on any atom is -0.491 e. The maximum atomic E-state index is 13.1. The maximum Gasteiger partial charge on any atom is 0.351 e. The van der Waals surface area contributed by atoms with Crippen molar-refractivity contribution < 1.29 is 36.3 Å². The molecule has 1 N–H and O–H groups in total. The highest BCUT2D eigenvalue weighted by atomic mass is 32.2. The summed E-state index contributed by atoms with van der Waals surface area (Å²) in [6.45, 7) is 7.60. The molecule has 1 aromatic heterocycles. The van der Waals surface area contributed by atoms with Crippen molar-refractivity contribution in [2.24, 2.45) is 0 Å². The summed E-state index contributed by atoms with van der Waals surface area (Å²) in [5, 5.41) is 6.96. The summed E-state index contributed by atoms with van der Waals surface area (Å²) < 4.78 is 59.8. The number of ether oxygens (including phenoxy) is 2. The van der Waals surface area contributed by atoms with Gasteiger partial charge in [-0.2, -0.15) is 5.10 Å². The first kappa shape index (κ1) is 29.4. The Bertz CT molecular complexity index is 1390. The summed E-state index contributed by atoms with van der Waals surface area (Å²) in [5.74, 6) is 0.885. The van der Waals surface area contributed by atoms with Crippen LogP contribution in [0.4, 0.5) is 5.82 Å². The molecule has 3 rings (SSSR count). The minimum absolute atomic E-state index is 0.0988. The molecule has 1 amide bonds. The van der Waals surface area contributed by atoms with Crippen LogP contribution < -0.4 is 14.8 Å². The molecule has 0 fully saturated rings. The molecule has 0 aliphatic heterocycles. The Morgan fingerprint density at radius 2 is 1.63 bits per heavy atom. The Labute approximate surface area is 222 Å². The van der Waals surface area contributed by atoms with E-state index in [1.807, 2.05) is 13.8 Å². The molecule has 0 bridgehead atoms. The number of nitrogens with zero attached hydrogens (tertiary/aromatic N) is 2. The van der Waals surface area contributed by atoms with E-state index in [4.69, 9.17) is 18.5 Å². The smallest absolute Gasteiger partial charge is 0.351 e. The van der Waals surface area contributed by atoms with Gasteiger partial charge in [0.2, 0.25) is 0 Å². The second kappa shape index (κ2) is 12.6. The molecule has 0 atom stereocenters. The predicted octanol–water partition coefficient (Wildman–Crippen LogP) is 5.34. The summed E-state index contributed by atoms with van der Waals surface area (Å²) >= 11 is 0. The number of sulfone groups is 1. The van der Waals surface area contributed by atoms with Crippen LogP contribution >= 0.6 is 7.60 Å². The van der Waals surface area contributed by atoms with E-state index < -0.39 is 23.3 Å². The average Bonchev–Trinajstić information content (AvgIpc) is 3.24. The Morgan fingerprint density at radius 3 is 2.21 bits per heavy atom. The highest BCUT2D eigenvalue weighted by molar-refractivity contribution is 7.90. The highest BCUT2D eigenvalue weighted by Crippen LogP contribution is 2.49. The summed E-state index contributed by atoms with van der Waals surface area (Å²) in [6, 6.07) is 12.2. The van der Waals surface area contributed by atoms with Crippen LogP contribution in [0.3, 0.4) is 0 Å². The van der Waals surface area contributed by atoms with Gasteiger partial charge in [0.05, 0.1) is 24.2 Å². The summed E-state index contributed by atoms with van der Waals surface area (Å²) in [4.78, 5) is 13.2. The zero-order chi connectivity index (χ0) is 27.9. The number of carbonyl (C=O) groups excluding carboxylic acids is 1. The van der Waals surface area contributed by atoms with E-state index in [1.54, 1.807) is 38.2 Å². The lowest BCUT2D eigenvalue weighted by Crippen LogP contribution is -2.14.